The fraction of sp³-hybridized carbons (Fsp3) is 0.900. The second-order valence-corrected chi connectivity index (χ2v) is 3.79. The van der Waals surface area contributed by atoms with E-state index in [2.05, 4.69) is 11.9 Å². The maximum atomic E-state index is 5.81. The van der Waals surface area contributed by atoms with Crippen molar-refractivity contribution >= 4 is 5.84 Å². The molecule has 12 heavy (non-hydrogen) atoms. The second kappa shape index (κ2) is 4.48. The third kappa shape index (κ3) is 2.23. The molecule has 2 N–H and O–H groups in total. The van der Waals surface area contributed by atoms with Crippen LogP contribution in [-0.4, -0.2) is 12.9 Å². The van der Waals surface area contributed by atoms with E-state index in [1.165, 1.54) is 32.1 Å². The van der Waals surface area contributed by atoms with Gasteiger partial charge in [-0.1, -0.05) is 26.2 Å². The molecule has 1 aliphatic carbocycles. The van der Waals surface area contributed by atoms with Gasteiger partial charge < -0.3 is 5.73 Å². The Labute approximate surface area is 75.3 Å². The summed E-state index contributed by atoms with van der Waals surface area (Å²) < 4.78 is 0. The Morgan fingerprint density at radius 2 is 2.25 bits per heavy atom. The fourth-order valence-corrected chi connectivity index (χ4v) is 2.11. The van der Waals surface area contributed by atoms with Crippen molar-refractivity contribution in [3.05, 3.63) is 0 Å². The first-order valence-electron chi connectivity index (χ1n) is 5.00. The van der Waals surface area contributed by atoms with Crippen LogP contribution >= 0.6 is 0 Å². The first-order chi connectivity index (χ1) is 5.77. The van der Waals surface area contributed by atoms with Crippen LogP contribution in [0.2, 0.25) is 0 Å². The molecule has 0 amide bonds. The molecule has 0 aromatic carbocycles. The summed E-state index contributed by atoms with van der Waals surface area (Å²) >= 11 is 0. The average molecular weight is 168 g/mol. The summed E-state index contributed by atoms with van der Waals surface area (Å²) in [4.78, 5) is 4.08. The van der Waals surface area contributed by atoms with Crippen LogP contribution in [0.4, 0.5) is 0 Å². The average Bonchev–Trinajstić information content (AvgIpc) is 2.17. The SMILES string of the molecule is CCC1CCCC(C(N)=NC)C1. The van der Waals surface area contributed by atoms with Gasteiger partial charge in [0.2, 0.25) is 0 Å². The first-order valence-corrected chi connectivity index (χ1v) is 5.00. The van der Waals surface area contributed by atoms with Crippen LogP contribution in [0.1, 0.15) is 39.0 Å². The van der Waals surface area contributed by atoms with Crippen molar-refractivity contribution in [3.63, 3.8) is 0 Å². The van der Waals surface area contributed by atoms with Crippen molar-refractivity contribution in [2.75, 3.05) is 7.05 Å². The minimum absolute atomic E-state index is 0.577. The maximum Gasteiger partial charge on any atom is 0.0965 e. The Morgan fingerprint density at radius 1 is 1.50 bits per heavy atom. The van der Waals surface area contributed by atoms with Gasteiger partial charge in [0.05, 0.1) is 5.84 Å². The number of hydrogen-bond acceptors (Lipinski definition) is 1. The standard InChI is InChI=1S/C10H20N2/c1-3-8-5-4-6-9(7-8)10(11)12-2/h8-9H,3-7H2,1-2H3,(H2,11,12). The van der Waals surface area contributed by atoms with E-state index in [9.17, 15) is 0 Å². The van der Waals surface area contributed by atoms with E-state index in [1.54, 1.807) is 7.05 Å². The topological polar surface area (TPSA) is 38.4 Å². The third-order valence-corrected chi connectivity index (χ3v) is 3.04. The summed E-state index contributed by atoms with van der Waals surface area (Å²) in [6, 6.07) is 0. The maximum absolute atomic E-state index is 5.81. The molecular weight excluding hydrogens is 148 g/mol. The zero-order valence-corrected chi connectivity index (χ0v) is 8.21. The molecule has 0 spiro atoms. The van der Waals surface area contributed by atoms with Crippen molar-refractivity contribution in [2.45, 2.75) is 39.0 Å². The first kappa shape index (κ1) is 9.56. The van der Waals surface area contributed by atoms with Crippen LogP contribution < -0.4 is 5.73 Å². The van der Waals surface area contributed by atoms with Gasteiger partial charge in [0.25, 0.3) is 0 Å². The Bertz CT molecular complexity index is 163. The smallest absolute Gasteiger partial charge is 0.0965 e. The zero-order valence-electron chi connectivity index (χ0n) is 8.21. The third-order valence-electron chi connectivity index (χ3n) is 3.04. The molecular formula is C10H20N2. The highest BCUT2D eigenvalue weighted by Gasteiger charge is 2.22. The Hall–Kier alpha value is -0.530. The quantitative estimate of drug-likeness (QED) is 0.498. The van der Waals surface area contributed by atoms with E-state index in [-0.39, 0.29) is 0 Å². The summed E-state index contributed by atoms with van der Waals surface area (Å²) in [7, 11) is 1.80. The Morgan fingerprint density at radius 3 is 2.83 bits per heavy atom. The largest absolute Gasteiger partial charge is 0.387 e. The number of rotatable bonds is 2. The molecule has 0 radical (unpaired) electrons. The van der Waals surface area contributed by atoms with E-state index in [1.807, 2.05) is 0 Å². The number of aliphatic imine (C=N–C) groups is 1. The molecule has 1 fully saturated rings. The molecule has 0 bridgehead atoms. The van der Waals surface area contributed by atoms with Gasteiger partial charge in [0, 0.05) is 13.0 Å². The molecule has 1 rings (SSSR count). The van der Waals surface area contributed by atoms with Crippen molar-refractivity contribution < 1.29 is 0 Å². The van der Waals surface area contributed by atoms with Gasteiger partial charge in [0.1, 0.15) is 0 Å². The molecule has 70 valence electrons. The van der Waals surface area contributed by atoms with Crippen LogP contribution in [0.25, 0.3) is 0 Å². The lowest BCUT2D eigenvalue weighted by Gasteiger charge is -2.27. The van der Waals surface area contributed by atoms with E-state index in [0.717, 1.165) is 11.8 Å². The lowest BCUT2D eigenvalue weighted by atomic mass is 9.80. The molecule has 2 nitrogen and oxygen atoms in total. The molecule has 0 aromatic heterocycles. The minimum Gasteiger partial charge on any atom is -0.387 e. The molecule has 0 aliphatic heterocycles. The van der Waals surface area contributed by atoms with E-state index in [4.69, 9.17) is 5.73 Å². The second-order valence-electron chi connectivity index (χ2n) is 3.79. The molecule has 1 aliphatic rings. The predicted octanol–water partition coefficient (Wildman–Crippen LogP) is 2.19. The van der Waals surface area contributed by atoms with Gasteiger partial charge >= 0.3 is 0 Å². The van der Waals surface area contributed by atoms with Crippen LogP contribution in [0.5, 0.6) is 0 Å². The van der Waals surface area contributed by atoms with Gasteiger partial charge in [-0.3, -0.25) is 4.99 Å². The summed E-state index contributed by atoms with van der Waals surface area (Å²) in [5.41, 5.74) is 5.81. The summed E-state index contributed by atoms with van der Waals surface area (Å²) in [5, 5.41) is 0. The van der Waals surface area contributed by atoms with Crippen molar-refractivity contribution in [2.24, 2.45) is 22.6 Å². The lowest BCUT2D eigenvalue weighted by molar-refractivity contribution is 0.309. The molecule has 0 saturated heterocycles. The Balaban J connectivity index is 2.45. The summed E-state index contributed by atoms with van der Waals surface area (Å²) in [6.07, 6.45) is 6.54. The summed E-state index contributed by atoms with van der Waals surface area (Å²) in [6.45, 7) is 2.27. The predicted molar refractivity (Wildman–Crippen MR) is 53.3 cm³/mol. The van der Waals surface area contributed by atoms with Gasteiger partial charge in [-0.15, -0.1) is 0 Å². The van der Waals surface area contributed by atoms with E-state index < -0.39 is 0 Å². The summed E-state index contributed by atoms with van der Waals surface area (Å²) in [5.74, 6) is 2.34. The number of hydrogen-bond donors (Lipinski definition) is 1. The Kier molecular flexibility index (Phi) is 3.57. The number of amidine groups is 1. The highest BCUT2D eigenvalue weighted by molar-refractivity contribution is 5.82. The van der Waals surface area contributed by atoms with E-state index in [0.29, 0.717) is 5.92 Å². The van der Waals surface area contributed by atoms with Gasteiger partial charge in [-0.05, 0) is 18.8 Å². The van der Waals surface area contributed by atoms with Crippen LogP contribution in [0, 0.1) is 11.8 Å². The van der Waals surface area contributed by atoms with Crippen molar-refractivity contribution in [1.29, 1.82) is 0 Å². The molecule has 2 heteroatoms. The van der Waals surface area contributed by atoms with Gasteiger partial charge in [-0.2, -0.15) is 0 Å². The van der Waals surface area contributed by atoms with Crippen LogP contribution in [-0.2, 0) is 0 Å². The lowest BCUT2D eigenvalue weighted by Crippen LogP contribution is -2.28. The van der Waals surface area contributed by atoms with Crippen molar-refractivity contribution in [1.82, 2.24) is 0 Å². The fourth-order valence-electron chi connectivity index (χ4n) is 2.11. The highest BCUT2D eigenvalue weighted by Crippen LogP contribution is 2.30. The highest BCUT2D eigenvalue weighted by atomic mass is 14.8. The van der Waals surface area contributed by atoms with Crippen LogP contribution in [0.3, 0.4) is 0 Å². The molecule has 0 aromatic rings. The molecule has 2 atom stereocenters. The zero-order chi connectivity index (χ0) is 8.97. The van der Waals surface area contributed by atoms with Crippen molar-refractivity contribution in [3.8, 4) is 0 Å². The molecule has 1 saturated carbocycles. The van der Waals surface area contributed by atoms with Gasteiger partial charge in [0.15, 0.2) is 0 Å². The van der Waals surface area contributed by atoms with Gasteiger partial charge in [-0.25, -0.2) is 0 Å². The molecule has 2 unspecified atom stereocenters. The number of nitrogens with two attached hydrogens (primary N) is 1. The number of nitrogens with zero attached hydrogens (tertiary/aromatic N) is 1. The van der Waals surface area contributed by atoms with Crippen LogP contribution in [0.15, 0.2) is 4.99 Å². The van der Waals surface area contributed by atoms with E-state index >= 15 is 0 Å². The minimum atomic E-state index is 0.577. The molecule has 0 heterocycles. The monoisotopic (exact) mass is 168 g/mol. The normalized spacial score (nSPS) is 32.0.